The Hall–Kier alpha value is -2.30. The highest BCUT2D eigenvalue weighted by Crippen LogP contribution is 2.24. The van der Waals surface area contributed by atoms with Crippen molar-refractivity contribution in [2.24, 2.45) is 0 Å². The Bertz CT molecular complexity index is 686. The van der Waals surface area contributed by atoms with Gasteiger partial charge in [-0.2, -0.15) is 0 Å². The number of fused-ring (bicyclic) bond motifs is 1. The number of hydrogen-bond acceptors (Lipinski definition) is 3. The quantitative estimate of drug-likeness (QED) is 0.921. The average molecular weight is 285 g/mol. The predicted molar refractivity (Wildman–Crippen MR) is 82.9 cm³/mol. The van der Waals surface area contributed by atoms with Gasteiger partial charge in [0.2, 0.25) is 0 Å². The second kappa shape index (κ2) is 5.24. The van der Waals surface area contributed by atoms with Crippen molar-refractivity contribution in [3.05, 3.63) is 36.0 Å². The topological polar surface area (TPSA) is 56.7 Å². The van der Waals surface area contributed by atoms with E-state index in [0.29, 0.717) is 13.1 Å². The molecule has 0 radical (unpaired) electrons. The minimum atomic E-state index is -0.835. The van der Waals surface area contributed by atoms with Crippen LogP contribution >= 0.6 is 0 Å². The van der Waals surface area contributed by atoms with Crippen LogP contribution in [0.5, 0.6) is 0 Å². The highest BCUT2D eigenvalue weighted by molar-refractivity contribution is 5.82. The summed E-state index contributed by atoms with van der Waals surface area (Å²) in [5.41, 5.74) is 3.23. The van der Waals surface area contributed by atoms with E-state index in [1.54, 1.807) is 0 Å². The summed E-state index contributed by atoms with van der Waals surface area (Å²) in [6, 6.07) is 8.54. The van der Waals surface area contributed by atoms with Crippen LogP contribution in [0.25, 0.3) is 10.9 Å². The Morgan fingerprint density at radius 2 is 2.24 bits per heavy atom. The van der Waals surface area contributed by atoms with Crippen molar-refractivity contribution in [1.82, 2.24) is 9.88 Å². The maximum Gasteiger partial charge on any atom is 0.407 e. The second-order valence-corrected chi connectivity index (χ2v) is 5.67. The summed E-state index contributed by atoms with van der Waals surface area (Å²) >= 11 is 0. The van der Waals surface area contributed by atoms with Crippen LogP contribution in [0, 0.1) is 6.92 Å². The van der Waals surface area contributed by atoms with E-state index >= 15 is 0 Å². The first-order valence-electron chi connectivity index (χ1n) is 7.12. The van der Waals surface area contributed by atoms with Gasteiger partial charge in [-0.3, -0.25) is 4.98 Å². The van der Waals surface area contributed by atoms with Crippen LogP contribution in [0.4, 0.5) is 10.5 Å². The molecule has 1 aromatic carbocycles. The third-order valence-electron chi connectivity index (χ3n) is 4.21. The van der Waals surface area contributed by atoms with Crippen LogP contribution in [0.3, 0.4) is 0 Å². The zero-order valence-electron chi connectivity index (χ0n) is 12.3. The van der Waals surface area contributed by atoms with Gasteiger partial charge in [-0.25, -0.2) is 4.79 Å². The van der Waals surface area contributed by atoms with Crippen LogP contribution in [0.1, 0.15) is 12.0 Å². The molecule has 1 aliphatic rings. The third kappa shape index (κ3) is 2.63. The summed E-state index contributed by atoms with van der Waals surface area (Å²) in [5, 5.41) is 10.2. The number of amides is 1. The molecule has 0 unspecified atom stereocenters. The van der Waals surface area contributed by atoms with Crippen molar-refractivity contribution in [1.29, 1.82) is 0 Å². The fourth-order valence-corrected chi connectivity index (χ4v) is 2.87. The molecule has 21 heavy (non-hydrogen) atoms. The second-order valence-electron chi connectivity index (χ2n) is 5.67. The molecule has 110 valence electrons. The molecule has 0 bridgehead atoms. The minimum absolute atomic E-state index is 0.213. The SMILES string of the molecule is Cc1ccc2ncc(N(C)[C@H]3CCN(C(=O)O)C3)cc2c1. The number of aryl methyl sites for hydroxylation is 1. The lowest BCUT2D eigenvalue weighted by Gasteiger charge is -2.26. The van der Waals surface area contributed by atoms with E-state index in [0.717, 1.165) is 23.0 Å². The first-order chi connectivity index (χ1) is 10.0. The number of anilines is 1. The molecule has 0 saturated carbocycles. The first kappa shape index (κ1) is 13.7. The molecule has 1 saturated heterocycles. The normalized spacial score (nSPS) is 18.2. The summed E-state index contributed by atoms with van der Waals surface area (Å²) in [5.74, 6) is 0. The summed E-state index contributed by atoms with van der Waals surface area (Å²) in [4.78, 5) is 19.1. The number of benzene rings is 1. The standard InChI is InChI=1S/C16H19N3O2/c1-11-3-4-15-12(7-11)8-14(9-17-15)18(2)13-5-6-19(10-13)16(20)21/h3-4,7-9,13H,5-6,10H2,1-2H3,(H,20,21)/t13-/m0/s1. The predicted octanol–water partition coefficient (Wildman–Crippen LogP) is 2.73. The Morgan fingerprint density at radius 3 is 2.95 bits per heavy atom. The number of likely N-dealkylation sites (tertiary alicyclic amines) is 1. The molecule has 2 aromatic rings. The Balaban J connectivity index is 1.84. The maximum atomic E-state index is 11.0. The van der Waals surface area contributed by atoms with Crippen molar-refractivity contribution in [2.75, 3.05) is 25.0 Å². The van der Waals surface area contributed by atoms with E-state index in [2.05, 4.69) is 35.0 Å². The van der Waals surface area contributed by atoms with Gasteiger partial charge in [-0.05, 0) is 31.5 Å². The molecule has 1 N–H and O–H groups in total. The van der Waals surface area contributed by atoms with E-state index in [-0.39, 0.29) is 6.04 Å². The molecule has 1 aromatic heterocycles. The van der Waals surface area contributed by atoms with E-state index < -0.39 is 6.09 Å². The van der Waals surface area contributed by atoms with Gasteiger partial charge in [-0.15, -0.1) is 0 Å². The van der Waals surface area contributed by atoms with Gasteiger partial charge < -0.3 is 14.9 Å². The Kier molecular flexibility index (Phi) is 3.41. The van der Waals surface area contributed by atoms with Crippen LogP contribution in [0.15, 0.2) is 30.5 Å². The highest BCUT2D eigenvalue weighted by atomic mass is 16.4. The minimum Gasteiger partial charge on any atom is -0.465 e. The molecule has 3 rings (SSSR count). The number of likely N-dealkylation sites (N-methyl/N-ethyl adjacent to an activating group) is 1. The molecular weight excluding hydrogens is 266 g/mol. The van der Waals surface area contributed by atoms with Crippen LogP contribution in [-0.4, -0.2) is 47.3 Å². The molecular formula is C16H19N3O2. The zero-order valence-corrected chi connectivity index (χ0v) is 12.3. The lowest BCUT2D eigenvalue weighted by Crippen LogP contribution is -2.36. The number of carbonyl (C=O) groups is 1. The van der Waals surface area contributed by atoms with Gasteiger partial charge in [0.15, 0.2) is 0 Å². The molecule has 1 fully saturated rings. The lowest BCUT2D eigenvalue weighted by atomic mass is 10.1. The number of aromatic nitrogens is 1. The maximum absolute atomic E-state index is 11.0. The van der Waals surface area contributed by atoms with Crippen molar-refractivity contribution in [3.8, 4) is 0 Å². The molecule has 0 aliphatic carbocycles. The van der Waals surface area contributed by atoms with Gasteiger partial charge >= 0.3 is 6.09 Å². The van der Waals surface area contributed by atoms with Crippen molar-refractivity contribution < 1.29 is 9.90 Å². The number of carboxylic acid groups (broad SMARTS) is 1. The summed E-state index contributed by atoms with van der Waals surface area (Å²) in [6.45, 7) is 3.22. The lowest BCUT2D eigenvalue weighted by molar-refractivity contribution is 0.155. The van der Waals surface area contributed by atoms with Gasteiger partial charge in [0.1, 0.15) is 0 Å². The van der Waals surface area contributed by atoms with Gasteiger partial charge in [0.25, 0.3) is 0 Å². The van der Waals surface area contributed by atoms with Crippen molar-refractivity contribution in [2.45, 2.75) is 19.4 Å². The fraction of sp³-hybridized carbons (Fsp3) is 0.375. The van der Waals surface area contributed by atoms with Gasteiger partial charge in [0, 0.05) is 31.6 Å². The Labute approximate surface area is 123 Å². The van der Waals surface area contributed by atoms with E-state index in [4.69, 9.17) is 5.11 Å². The largest absolute Gasteiger partial charge is 0.465 e. The van der Waals surface area contributed by atoms with E-state index in [1.165, 1.54) is 10.5 Å². The average Bonchev–Trinajstić information content (AvgIpc) is 2.95. The van der Waals surface area contributed by atoms with Gasteiger partial charge in [0.05, 0.1) is 17.4 Å². The van der Waals surface area contributed by atoms with E-state index in [9.17, 15) is 4.79 Å². The summed E-state index contributed by atoms with van der Waals surface area (Å²) < 4.78 is 0. The first-order valence-corrected chi connectivity index (χ1v) is 7.12. The van der Waals surface area contributed by atoms with Crippen LogP contribution < -0.4 is 4.90 Å². The van der Waals surface area contributed by atoms with Crippen molar-refractivity contribution in [3.63, 3.8) is 0 Å². The molecule has 1 atom stereocenters. The molecule has 1 amide bonds. The summed E-state index contributed by atoms with van der Waals surface area (Å²) in [6.07, 6.45) is 1.88. The fourth-order valence-electron chi connectivity index (χ4n) is 2.87. The number of rotatable bonds is 2. The van der Waals surface area contributed by atoms with Gasteiger partial charge in [-0.1, -0.05) is 11.6 Å². The molecule has 5 nitrogen and oxygen atoms in total. The third-order valence-corrected chi connectivity index (χ3v) is 4.21. The molecule has 2 heterocycles. The monoisotopic (exact) mass is 285 g/mol. The van der Waals surface area contributed by atoms with Crippen molar-refractivity contribution >= 4 is 22.7 Å². The van der Waals surface area contributed by atoms with Crippen LogP contribution in [0.2, 0.25) is 0 Å². The number of hydrogen-bond donors (Lipinski definition) is 1. The highest BCUT2D eigenvalue weighted by Gasteiger charge is 2.28. The molecule has 5 heteroatoms. The number of pyridine rings is 1. The molecule has 1 aliphatic heterocycles. The Morgan fingerprint density at radius 1 is 1.43 bits per heavy atom. The summed E-state index contributed by atoms with van der Waals surface area (Å²) in [7, 11) is 2.01. The van der Waals surface area contributed by atoms with Crippen LogP contribution in [-0.2, 0) is 0 Å². The van der Waals surface area contributed by atoms with E-state index in [1.807, 2.05) is 19.3 Å². The smallest absolute Gasteiger partial charge is 0.407 e. The molecule has 0 spiro atoms. The number of nitrogens with zero attached hydrogens (tertiary/aromatic N) is 3. The zero-order chi connectivity index (χ0) is 15.0.